The van der Waals surface area contributed by atoms with Crippen molar-refractivity contribution in [3.8, 4) is 11.5 Å². The first kappa shape index (κ1) is 21.5. The Kier molecular flexibility index (Phi) is 5.55. The van der Waals surface area contributed by atoms with Crippen LogP contribution in [0.4, 0.5) is 4.39 Å². The van der Waals surface area contributed by atoms with Crippen molar-refractivity contribution in [3.05, 3.63) is 89.4 Å². The number of hydrogen-bond acceptors (Lipinski definition) is 5. The molecular formula is C25H22FNO5S. The minimum Gasteiger partial charge on any atom is -0.490 e. The zero-order chi connectivity index (χ0) is 23.0. The van der Waals surface area contributed by atoms with Gasteiger partial charge in [-0.25, -0.2) is 12.8 Å². The van der Waals surface area contributed by atoms with Crippen LogP contribution in [0.1, 0.15) is 29.3 Å². The van der Waals surface area contributed by atoms with E-state index in [0.29, 0.717) is 53.6 Å². The van der Waals surface area contributed by atoms with Crippen molar-refractivity contribution in [3.63, 3.8) is 0 Å². The van der Waals surface area contributed by atoms with Crippen molar-refractivity contribution in [1.29, 1.82) is 0 Å². The van der Waals surface area contributed by atoms with Crippen molar-refractivity contribution < 1.29 is 26.7 Å². The SMILES string of the molecule is Cc1cc(F)ccc1[C@H](NS(=O)(=O)c1ccc2c(c1)OCCCO2)c1cc2ccccc2o1. The Labute approximate surface area is 191 Å². The fourth-order valence-electron chi connectivity index (χ4n) is 3.92. The second-order valence-corrected chi connectivity index (χ2v) is 9.61. The van der Waals surface area contributed by atoms with Gasteiger partial charge >= 0.3 is 0 Å². The van der Waals surface area contributed by atoms with E-state index in [2.05, 4.69) is 4.72 Å². The van der Waals surface area contributed by atoms with Crippen LogP contribution >= 0.6 is 0 Å². The van der Waals surface area contributed by atoms with E-state index in [1.807, 2.05) is 24.3 Å². The summed E-state index contributed by atoms with van der Waals surface area (Å²) in [5.74, 6) is 0.900. The molecule has 1 aromatic heterocycles. The van der Waals surface area contributed by atoms with Gasteiger partial charge in [0.15, 0.2) is 11.5 Å². The minimum absolute atomic E-state index is 0.0348. The molecule has 8 heteroatoms. The van der Waals surface area contributed by atoms with Crippen LogP contribution in [-0.2, 0) is 10.0 Å². The quantitative estimate of drug-likeness (QED) is 0.441. The molecule has 33 heavy (non-hydrogen) atoms. The van der Waals surface area contributed by atoms with Crippen LogP contribution < -0.4 is 14.2 Å². The molecule has 1 aliphatic heterocycles. The van der Waals surface area contributed by atoms with Crippen molar-refractivity contribution in [1.82, 2.24) is 4.72 Å². The molecule has 4 aromatic rings. The Hall–Kier alpha value is -3.36. The van der Waals surface area contributed by atoms with Gasteiger partial charge in [-0.1, -0.05) is 24.3 Å². The topological polar surface area (TPSA) is 77.8 Å². The van der Waals surface area contributed by atoms with Gasteiger partial charge in [0.05, 0.1) is 18.1 Å². The van der Waals surface area contributed by atoms with Crippen molar-refractivity contribution in [2.45, 2.75) is 24.3 Å². The van der Waals surface area contributed by atoms with Gasteiger partial charge in [0.2, 0.25) is 10.0 Å². The summed E-state index contributed by atoms with van der Waals surface area (Å²) >= 11 is 0. The average molecular weight is 468 g/mol. The molecule has 0 amide bonds. The molecule has 5 rings (SSSR count). The molecule has 0 bridgehead atoms. The monoisotopic (exact) mass is 467 g/mol. The lowest BCUT2D eigenvalue weighted by molar-refractivity contribution is 0.297. The predicted molar refractivity (Wildman–Crippen MR) is 122 cm³/mol. The molecule has 0 unspecified atom stereocenters. The number of furan rings is 1. The second-order valence-electron chi connectivity index (χ2n) is 7.90. The summed E-state index contributed by atoms with van der Waals surface area (Å²) in [5.41, 5.74) is 1.82. The summed E-state index contributed by atoms with van der Waals surface area (Å²) in [6.07, 6.45) is 0.715. The third-order valence-corrected chi connectivity index (χ3v) is 6.99. The first-order valence-electron chi connectivity index (χ1n) is 10.6. The Morgan fingerprint density at radius 3 is 2.52 bits per heavy atom. The zero-order valence-corrected chi connectivity index (χ0v) is 18.7. The highest BCUT2D eigenvalue weighted by molar-refractivity contribution is 7.89. The highest BCUT2D eigenvalue weighted by Crippen LogP contribution is 2.34. The van der Waals surface area contributed by atoms with E-state index in [1.54, 1.807) is 25.1 Å². The third kappa shape index (κ3) is 4.31. The highest BCUT2D eigenvalue weighted by Gasteiger charge is 2.28. The number of ether oxygens (including phenoxy) is 2. The molecule has 170 valence electrons. The molecule has 3 aromatic carbocycles. The maximum atomic E-state index is 13.8. The van der Waals surface area contributed by atoms with Crippen LogP contribution in [0.15, 0.2) is 76.0 Å². The van der Waals surface area contributed by atoms with Gasteiger partial charge in [-0.15, -0.1) is 0 Å². The fourth-order valence-corrected chi connectivity index (χ4v) is 5.12. The van der Waals surface area contributed by atoms with Gasteiger partial charge in [0, 0.05) is 17.9 Å². The van der Waals surface area contributed by atoms with Crippen molar-refractivity contribution in [2.75, 3.05) is 13.2 Å². The first-order chi connectivity index (χ1) is 15.9. The number of fused-ring (bicyclic) bond motifs is 2. The van der Waals surface area contributed by atoms with Crippen molar-refractivity contribution >= 4 is 21.0 Å². The first-order valence-corrected chi connectivity index (χ1v) is 12.1. The predicted octanol–water partition coefficient (Wildman–Crippen LogP) is 5.11. The standard InChI is InChI=1S/C25H22FNO5S/c1-16-13-18(26)7-9-20(16)25(24-14-17-5-2-3-6-21(17)32-24)27-33(28,29)19-8-10-22-23(15-19)31-12-4-11-30-22/h2-3,5-10,13-15,25,27H,4,11-12H2,1H3/t25-/m0/s1. The second kappa shape index (κ2) is 8.53. The number of para-hydroxylation sites is 1. The summed E-state index contributed by atoms with van der Waals surface area (Å²) < 4.78 is 60.6. The molecule has 0 spiro atoms. The molecule has 1 atom stereocenters. The lowest BCUT2D eigenvalue weighted by atomic mass is 10.00. The maximum absolute atomic E-state index is 13.8. The minimum atomic E-state index is -4.00. The molecular weight excluding hydrogens is 445 g/mol. The summed E-state index contributed by atoms with van der Waals surface area (Å²) in [6, 6.07) is 17.1. The normalized spacial score (nSPS) is 14.7. The number of nitrogens with one attached hydrogen (secondary N) is 1. The smallest absolute Gasteiger partial charge is 0.241 e. The molecule has 0 radical (unpaired) electrons. The number of benzene rings is 3. The molecule has 2 heterocycles. The molecule has 0 aliphatic carbocycles. The molecule has 0 saturated carbocycles. The van der Waals surface area contributed by atoms with E-state index in [4.69, 9.17) is 13.9 Å². The summed E-state index contributed by atoms with van der Waals surface area (Å²) in [7, 11) is -4.00. The van der Waals surface area contributed by atoms with Crippen LogP contribution in [0.2, 0.25) is 0 Å². The summed E-state index contributed by atoms with van der Waals surface area (Å²) in [4.78, 5) is 0.0348. The van der Waals surface area contributed by atoms with Crippen LogP contribution in [0.3, 0.4) is 0 Å². The molecule has 1 aliphatic rings. The highest BCUT2D eigenvalue weighted by atomic mass is 32.2. The average Bonchev–Trinajstić information content (AvgIpc) is 3.08. The Bertz CT molecular complexity index is 1400. The van der Waals surface area contributed by atoms with Crippen LogP contribution in [0.5, 0.6) is 11.5 Å². The van der Waals surface area contributed by atoms with Crippen LogP contribution in [0, 0.1) is 12.7 Å². The third-order valence-electron chi connectivity index (χ3n) is 5.57. The van der Waals surface area contributed by atoms with Crippen LogP contribution in [0.25, 0.3) is 11.0 Å². The maximum Gasteiger partial charge on any atom is 0.241 e. The van der Waals surface area contributed by atoms with E-state index < -0.39 is 21.9 Å². The van der Waals surface area contributed by atoms with Gasteiger partial charge in [0.25, 0.3) is 0 Å². The van der Waals surface area contributed by atoms with Gasteiger partial charge in [-0.3, -0.25) is 0 Å². The number of aryl methyl sites for hydroxylation is 1. The fraction of sp³-hybridized carbons (Fsp3) is 0.200. The van der Waals surface area contributed by atoms with Gasteiger partial charge < -0.3 is 13.9 Å². The van der Waals surface area contributed by atoms with E-state index in [1.165, 1.54) is 24.3 Å². The van der Waals surface area contributed by atoms with Crippen LogP contribution in [-0.4, -0.2) is 21.6 Å². The Morgan fingerprint density at radius 1 is 0.939 bits per heavy atom. The molecule has 1 N–H and O–H groups in total. The van der Waals surface area contributed by atoms with E-state index >= 15 is 0 Å². The number of sulfonamides is 1. The van der Waals surface area contributed by atoms with E-state index in [9.17, 15) is 12.8 Å². The number of halogens is 1. The Balaban J connectivity index is 1.57. The van der Waals surface area contributed by atoms with Gasteiger partial charge in [-0.2, -0.15) is 4.72 Å². The summed E-state index contributed by atoms with van der Waals surface area (Å²) in [5, 5.41) is 0.840. The largest absolute Gasteiger partial charge is 0.490 e. The number of rotatable bonds is 5. The van der Waals surface area contributed by atoms with E-state index in [0.717, 1.165) is 5.39 Å². The van der Waals surface area contributed by atoms with Gasteiger partial charge in [-0.05, 0) is 54.4 Å². The zero-order valence-electron chi connectivity index (χ0n) is 17.9. The molecule has 0 saturated heterocycles. The van der Waals surface area contributed by atoms with Crippen molar-refractivity contribution in [2.24, 2.45) is 0 Å². The van der Waals surface area contributed by atoms with Gasteiger partial charge in [0.1, 0.15) is 23.2 Å². The lowest BCUT2D eigenvalue weighted by Crippen LogP contribution is -2.29. The molecule has 0 fully saturated rings. The Morgan fingerprint density at radius 2 is 1.73 bits per heavy atom. The number of hydrogen-bond donors (Lipinski definition) is 1. The lowest BCUT2D eigenvalue weighted by Gasteiger charge is -2.20. The van der Waals surface area contributed by atoms with E-state index in [-0.39, 0.29) is 4.90 Å². The summed E-state index contributed by atoms with van der Waals surface area (Å²) in [6.45, 7) is 2.69. The molecule has 6 nitrogen and oxygen atoms in total.